The summed E-state index contributed by atoms with van der Waals surface area (Å²) in [6, 6.07) is 16.3. The third-order valence-electron chi connectivity index (χ3n) is 6.58. The number of anilines is 1. The van der Waals surface area contributed by atoms with Crippen molar-refractivity contribution in [3.63, 3.8) is 0 Å². The molecule has 0 spiro atoms. The van der Waals surface area contributed by atoms with Crippen LogP contribution in [-0.4, -0.2) is 60.8 Å². The molecule has 0 unspecified atom stereocenters. The van der Waals surface area contributed by atoms with E-state index >= 15 is 0 Å². The molecule has 0 radical (unpaired) electrons. The Kier molecular flexibility index (Phi) is 10.3. The maximum Gasteiger partial charge on any atom is 0.389 e. The minimum Gasteiger partial charge on any atom is -0.343 e. The first-order chi connectivity index (χ1) is 18.6. The summed E-state index contributed by atoms with van der Waals surface area (Å²) in [4.78, 5) is 47.3. The van der Waals surface area contributed by atoms with Crippen LogP contribution in [0.2, 0.25) is 0 Å². The summed E-state index contributed by atoms with van der Waals surface area (Å²) in [5.41, 5.74) is 2.44. The molecule has 0 aromatic heterocycles. The summed E-state index contributed by atoms with van der Waals surface area (Å²) >= 11 is 0. The largest absolute Gasteiger partial charge is 0.389 e. The fourth-order valence-electron chi connectivity index (χ4n) is 4.60. The minimum absolute atomic E-state index is 0.381. The van der Waals surface area contributed by atoms with Gasteiger partial charge in [-0.2, -0.15) is 13.2 Å². The molecule has 0 saturated carbocycles. The summed E-state index contributed by atoms with van der Waals surface area (Å²) in [5.74, 6) is -3.00. The van der Waals surface area contributed by atoms with Gasteiger partial charge in [0.1, 0.15) is 0 Å². The molecular formula is C29H35F3N4O3. The topological polar surface area (TPSA) is 82.1 Å². The van der Waals surface area contributed by atoms with E-state index in [1.54, 1.807) is 24.1 Å². The molecule has 1 aliphatic heterocycles. The van der Waals surface area contributed by atoms with Gasteiger partial charge in [0.15, 0.2) is 0 Å². The number of rotatable bonds is 11. The SMILES string of the molecule is CCCN(CCC)C(=O)C[C@@H](CCC(F)(F)F)C(=O)N[C@H]1N=C(c2ccccc2)c2ccccc2N(C)C1=O. The second-order valence-corrected chi connectivity index (χ2v) is 9.60. The molecular weight excluding hydrogens is 509 g/mol. The van der Waals surface area contributed by atoms with Crippen LogP contribution < -0.4 is 10.2 Å². The van der Waals surface area contributed by atoms with Gasteiger partial charge in [0, 0.05) is 50.0 Å². The lowest BCUT2D eigenvalue weighted by atomic mass is 9.97. The summed E-state index contributed by atoms with van der Waals surface area (Å²) in [6.45, 7) is 4.71. The number of para-hydroxylation sites is 1. The van der Waals surface area contributed by atoms with Crippen LogP contribution in [-0.2, 0) is 14.4 Å². The number of likely N-dealkylation sites (N-methyl/N-ethyl adjacent to an activating group) is 1. The number of benzene rings is 2. The fraction of sp³-hybridized carbons (Fsp3) is 0.448. The van der Waals surface area contributed by atoms with Gasteiger partial charge < -0.3 is 15.1 Å². The molecule has 39 heavy (non-hydrogen) atoms. The number of carbonyl (C=O) groups excluding carboxylic acids is 3. The third kappa shape index (κ3) is 7.91. The smallest absolute Gasteiger partial charge is 0.343 e. The van der Waals surface area contributed by atoms with Crippen LogP contribution in [0.25, 0.3) is 0 Å². The molecule has 0 bridgehead atoms. The summed E-state index contributed by atoms with van der Waals surface area (Å²) < 4.78 is 39.4. The number of hydrogen-bond donors (Lipinski definition) is 1. The quantitative estimate of drug-likeness (QED) is 0.435. The molecule has 1 heterocycles. The molecule has 2 atom stereocenters. The molecule has 0 fully saturated rings. The average Bonchev–Trinajstić information content (AvgIpc) is 3.01. The normalized spacial score (nSPS) is 16.2. The summed E-state index contributed by atoms with van der Waals surface area (Å²) in [7, 11) is 1.56. The lowest BCUT2D eigenvalue weighted by Crippen LogP contribution is -2.48. The highest BCUT2D eigenvalue weighted by Crippen LogP contribution is 2.29. The van der Waals surface area contributed by atoms with E-state index in [0.717, 1.165) is 0 Å². The molecule has 3 rings (SSSR count). The number of alkyl halides is 3. The fourth-order valence-corrected chi connectivity index (χ4v) is 4.60. The number of halogens is 3. The van der Waals surface area contributed by atoms with Crippen molar-refractivity contribution in [1.29, 1.82) is 0 Å². The molecule has 210 valence electrons. The van der Waals surface area contributed by atoms with E-state index in [1.807, 2.05) is 56.3 Å². The first kappa shape index (κ1) is 29.9. The maximum absolute atomic E-state index is 13.4. The molecule has 7 nitrogen and oxygen atoms in total. The van der Waals surface area contributed by atoms with Crippen LogP contribution in [0.5, 0.6) is 0 Å². The van der Waals surface area contributed by atoms with Gasteiger partial charge in [-0.15, -0.1) is 0 Å². The van der Waals surface area contributed by atoms with Crippen molar-refractivity contribution in [1.82, 2.24) is 10.2 Å². The number of nitrogens with one attached hydrogen (secondary N) is 1. The van der Waals surface area contributed by atoms with Crippen molar-refractivity contribution in [2.45, 2.75) is 58.3 Å². The second kappa shape index (κ2) is 13.4. The highest BCUT2D eigenvalue weighted by molar-refractivity contribution is 6.20. The number of benzodiazepines with no additional fused rings is 1. The van der Waals surface area contributed by atoms with Crippen LogP contribution in [0, 0.1) is 5.92 Å². The molecule has 2 aromatic rings. The molecule has 3 amide bonds. The van der Waals surface area contributed by atoms with Gasteiger partial charge in [0.25, 0.3) is 5.91 Å². The molecule has 0 aliphatic carbocycles. The maximum atomic E-state index is 13.4. The van der Waals surface area contributed by atoms with Gasteiger partial charge in [-0.1, -0.05) is 62.4 Å². The summed E-state index contributed by atoms with van der Waals surface area (Å²) in [6.07, 6.45) is -6.67. The van der Waals surface area contributed by atoms with Crippen molar-refractivity contribution < 1.29 is 27.6 Å². The van der Waals surface area contributed by atoms with Gasteiger partial charge >= 0.3 is 6.18 Å². The Morgan fingerprint density at radius 1 is 1.03 bits per heavy atom. The zero-order chi connectivity index (χ0) is 28.6. The Morgan fingerprint density at radius 2 is 1.64 bits per heavy atom. The molecule has 2 aromatic carbocycles. The number of amides is 3. The van der Waals surface area contributed by atoms with Crippen molar-refractivity contribution in [2.75, 3.05) is 25.0 Å². The van der Waals surface area contributed by atoms with Crippen molar-refractivity contribution in [2.24, 2.45) is 10.9 Å². The second-order valence-electron chi connectivity index (χ2n) is 9.60. The Bertz CT molecular complexity index is 1180. The van der Waals surface area contributed by atoms with E-state index < -0.39 is 42.9 Å². The van der Waals surface area contributed by atoms with Crippen LogP contribution in [0.1, 0.15) is 57.1 Å². The van der Waals surface area contributed by atoms with E-state index in [1.165, 1.54) is 4.90 Å². The lowest BCUT2D eigenvalue weighted by molar-refractivity contribution is -0.146. The average molecular weight is 545 g/mol. The van der Waals surface area contributed by atoms with E-state index in [0.29, 0.717) is 48.5 Å². The van der Waals surface area contributed by atoms with Crippen LogP contribution in [0.15, 0.2) is 59.6 Å². The first-order valence-corrected chi connectivity index (χ1v) is 13.2. The van der Waals surface area contributed by atoms with Gasteiger partial charge in [-0.3, -0.25) is 14.4 Å². The standard InChI is InChI=1S/C29H35F3N4O3/c1-4-17-36(18-5-2)24(37)19-21(15-16-29(30,31)32)27(38)34-26-28(39)35(3)23-14-10-9-13-22(23)25(33-26)20-11-7-6-8-12-20/h6-14,21,26H,4-5,15-19H2,1-3H3,(H,34,38)/t21-,26-/m1/s1. The summed E-state index contributed by atoms with van der Waals surface area (Å²) in [5, 5.41) is 2.56. The number of fused-ring (bicyclic) bond motifs is 1. The Labute approximate surface area is 227 Å². The van der Waals surface area contributed by atoms with Crippen LogP contribution in [0.3, 0.4) is 0 Å². The highest BCUT2D eigenvalue weighted by Gasteiger charge is 2.36. The van der Waals surface area contributed by atoms with E-state index in [4.69, 9.17) is 0 Å². The molecule has 1 N–H and O–H groups in total. The van der Waals surface area contributed by atoms with Crippen molar-refractivity contribution >= 4 is 29.1 Å². The Morgan fingerprint density at radius 3 is 2.26 bits per heavy atom. The van der Waals surface area contributed by atoms with Gasteiger partial charge in [-0.05, 0) is 25.3 Å². The van der Waals surface area contributed by atoms with Crippen LogP contribution >= 0.6 is 0 Å². The Hall–Kier alpha value is -3.69. The lowest BCUT2D eigenvalue weighted by Gasteiger charge is -2.26. The number of nitrogens with zero attached hydrogens (tertiary/aromatic N) is 3. The van der Waals surface area contributed by atoms with Crippen LogP contribution in [0.4, 0.5) is 18.9 Å². The Balaban J connectivity index is 1.93. The predicted octanol–water partition coefficient (Wildman–Crippen LogP) is 4.94. The number of carbonyl (C=O) groups is 3. The van der Waals surface area contributed by atoms with E-state index in [2.05, 4.69) is 10.3 Å². The van der Waals surface area contributed by atoms with E-state index in [9.17, 15) is 27.6 Å². The third-order valence-corrected chi connectivity index (χ3v) is 6.58. The monoisotopic (exact) mass is 544 g/mol. The molecule has 10 heteroatoms. The minimum atomic E-state index is -4.49. The number of aliphatic imine (C=N–C) groups is 1. The molecule has 1 aliphatic rings. The van der Waals surface area contributed by atoms with Gasteiger partial charge in [0.05, 0.1) is 11.4 Å². The van der Waals surface area contributed by atoms with Gasteiger partial charge in [0.2, 0.25) is 18.0 Å². The zero-order valence-corrected chi connectivity index (χ0v) is 22.5. The van der Waals surface area contributed by atoms with Crippen molar-refractivity contribution in [3.8, 4) is 0 Å². The number of hydrogen-bond acceptors (Lipinski definition) is 4. The van der Waals surface area contributed by atoms with Gasteiger partial charge in [-0.25, -0.2) is 4.99 Å². The molecule has 0 saturated heterocycles. The van der Waals surface area contributed by atoms with E-state index in [-0.39, 0.29) is 12.3 Å². The predicted molar refractivity (Wildman–Crippen MR) is 144 cm³/mol. The van der Waals surface area contributed by atoms with Crippen molar-refractivity contribution in [3.05, 3.63) is 65.7 Å². The zero-order valence-electron chi connectivity index (χ0n) is 22.5. The first-order valence-electron chi connectivity index (χ1n) is 13.2. The highest BCUT2D eigenvalue weighted by atomic mass is 19.4.